The van der Waals surface area contributed by atoms with Gasteiger partial charge in [0.05, 0.1) is 11.1 Å². The van der Waals surface area contributed by atoms with Crippen LogP contribution in [0.5, 0.6) is 5.75 Å². The van der Waals surface area contributed by atoms with Crippen molar-refractivity contribution in [3.8, 4) is 5.75 Å². The third-order valence-electron chi connectivity index (χ3n) is 3.30. The molecule has 3 rings (SSSR count). The number of ether oxygens (including phenoxy) is 1. The van der Waals surface area contributed by atoms with Gasteiger partial charge in [0.25, 0.3) is 6.47 Å². The molecule has 0 spiro atoms. The van der Waals surface area contributed by atoms with Crippen molar-refractivity contribution in [1.29, 1.82) is 0 Å². The summed E-state index contributed by atoms with van der Waals surface area (Å²) in [4.78, 5) is 31.7. The van der Waals surface area contributed by atoms with Gasteiger partial charge in [-0.1, -0.05) is 48.5 Å². The number of benzene rings is 3. The van der Waals surface area contributed by atoms with Crippen molar-refractivity contribution in [1.82, 2.24) is 0 Å². The van der Waals surface area contributed by atoms with Crippen LogP contribution in [0.1, 0.15) is 20.7 Å². The van der Waals surface area contributed by atoms with Crippen LogP contribution in [-0.4, -0.2) is 28.6 Å². The Kier molecular flexibility index (Phi) is 5.84. The summed E-state index contributed by atoms with van der Waals surface area (Å²) in [6.45, 7) is 0.412. The number of rotatable bonds is 4. The number of carboxylic acids is 2. The van der Waals surface area contributed by atoms with E-state index in [0.29, 0.717) is 23.0 Å². The van der Waals surface area contributed by atoms with Gasteiger partial charge in [0.15, 0.2) is 0 Å². The summed E-state index contributed by atoms with van der Waals surface area (Å²) in [6, 6.07) is 18.6. The lowest BCUT2D eigenvalue weighted by molar-refractivity contribution is -0.120. The Morgan fingerprint density at radius 2 is 1.44 bits per heavy atom. The molecule has 0 saturated heterocycles. The molecule has 3 aromatic rings. The molecule has 3 aromatic carbocycles. The van der Waals surface area contributed by atoms with Gasteiger partial charge in [-0.2, -0.15) is 0 Å². The summed E-state index contributed by atoms with van der Waals surface area (Å²) in [5.74, 6) is -1.88. The van der Waals surface area contributed by atoms with E-state index in [1.165, 1.54) is 6.07 Å². The van der Waals surface area contributed by atoms with Crippen LogP contribution in [0.25, 0.3) is 10.8 Å². The molecule has 0 heterocycles. The van der Waals surface area contributed by atoms with E-state index >= 15 is 0 Å². The molecule has 0 atom stereocenters. The predicted octanol–water partition coefficient (Wildman–Crippen LogP) is 3.46. The molecule has 2 N–H and O–H groups in total. The minimum absolute atomic E-state index is 0.161. The number of para-hydroxylation sites is 1. The third-order valence-corrected chi connectivity index (χ3v) is 3.30. The Balaban J connectivity index is 0.000000212. The van der Waals surface area contributed by atoms with Gasteiger partial charge in [0, 0.05) is 0 Å². The van der Waals surface area contributed by atoms with E-state index in [0.717, 1.165) is 0 Å². The zero-order valence-corrected chi connectivity index (χ0v) is 13.0. The highest BCUT2D eigenvalue weighted by atomic mass is 16.5. The molecule has 0 aromatic heterocycles. The van der Waals surface area contributed by atoms with Gasteiger partial charge >= 0.3 is 11.9 Å². The number of hydrogen-bond acceptors (Lipinski definition) is 4. The van der Waals surface area contributed by atoms with Crippen LogP contribution in [-0.2, 0) is 4.79 Å². The fraction of sp³-hybridized carbons (Fsp3) is 0. The number of aromatic carboxylic acids is 2. The number of carbonyl (C=O) groups excluding carboxylic acids is 1. The summed E-state index contributed by atoms with van der Waals surface area (Å²) in [5.41, 5.74) is -0.350. The summed E-state index contributed by atoms with van der Waals surface area (Å²) in [5, 5.41) is 19.1. The lowest BCUT2D eigenvalue weighted by atomic mass is 9.99. The lowest BCUT2D eigenvalue weighted by Crippen LogP contribution is -2.08. The van der Waals surface area contributed by atoms with E-state index in [4.69, 9.17) is 10.2 Å². The molecule has 6 heteroatoms. The first-order chi connectivity index (χ1) is 12.0. The summed E-state index contributed by atoms with van der Waals surface area (Å²) in [6.07, 6.45) is 0. The van der Waals surface area contributed by atoms with Gasteiger partial charge < -0.3 is 14.9 Å². The number of hydrogen-bond donors (Lipinski definition) is 2. The smallest absolute Gasteiger partial charge is 0.337 e. The van der Waals surface area contributed by atoms with Crippen molar-refractivity contribution in [3.05, 3.63) is 77.9 Å². The molecular formula is C19H14O6. The highest BCUT2D eigenvalue weighted by molar-refractivity contribution is 6.11. The largest absolute Gasteiger partial charge is 0.478 e. The molecule has 25 heavy (non-hydrogen) atoms. The summed E-state index contributed by atoms with van der Waals surface area (Å²) >= 11 is 0. The Hall–Kier alpha value is -3.67. The molecule has 0 saturated carbocycles. The van der Waals surface area contributed by atoms with E-state index in [1.54, 1.807) is 54.6 Å². The Morgan fingerprint density at radius 3 is 2.04 bits per heavy atom. The standard InChI is InChI=1S/C12H8O4.C7H6O2/c13-11(14)9-6-5-7-3-1-2-4-8(7)10(9)12(15)16;8-6-9-7-4-2-1-3-5-7/h1-6H,(H,13,14)(H,15,16);1-6H. The fourth-order valence-electron chi connectivity index (χ4n) is 2.23. The van der Waals surface area contributed by atoms with Gasteiger partial charge in [0.1, 0.15) is 5.75 Å². The van der Waals surface area contributed by atoms with E-state index in [-0.39, 0.29) is 11.1 Å². The normalized spacial score (nSPS) is 9.60. The van der Waals surface area contributed by atoms with Crippen molar-refractivity contribution >= 4 is 29.2 Å². The van der Waals surface area contributed by atoms with Crippen molar-refractivity contribution in [2.75, 3.05) is 0 Å². The minimum atomic E-state index is -1.23. The Labute approximate surface area is 142 Å². The molecule has 0 bridgehead atoms. The maximum atomic E-state index is 11.1. The zero-order chi connectivity index (χ0) is 18.2. The highest BCUT2D eigenvalue weighted by Crippen LogP contribution is 2.22. The van der Waals surface area contributed by atoms with Crippen molar-refractivity contribution in [2.45, 2.75) is 0 Å². The topological polar surface area (TPSA) is 101 Å². The van der Waals surface area contributed by atoms with Crippen LogP contribution in [0.4, 0.5) is 0 Å². The first kappa shape index (κ1) is 17.7. The third kappa shape index (κ3) is 4.42. The molecule has 0 unspecified atom stereocenters. The fourth-order valence-corrected chi connectivity index (χ4v) is 2.23. The van der Waals surface area contributed by atoms with E-state index < -0.39 is 11.9 Å². The van der Waals surface area contributed by atoms with Gasteiger partial charge in [-0.05, 0) is 29.0 Å². The monoisotopic (exact) mass is 338 g/mol. The van der Waals surface area contributed by atoms with Crippen molar-refractivity contribution in [2.24, 2.45) is 0 Å². The van der Waals surface area contributed by atoms with Crippen LogP contribution in [0, 0.1) is 0 Å². The first-order valence-electron chi connectivity index (χ1n) is 7.18. The molecule has 6 nitrogen and oxygen atoms in total. The maximum absolute atomic E-state index is 11.1. The summed E-state index contributed by atoms with van der Waals surface area (Å²) < 4.78 is 4.53. The number of carbonyl (C=O) groups is 3. The maximum Gasteiger partial charge on any atom is 0.337 e. The SMILES string of the molecule is O=C(O)c1ccc2ccccc2c1C(=O)O.O=COc1ccccc1. The Morgan fingerprint density at radius 1 is 0.800 bits per heavy atom. The second-order valence-electron chi connectivity index (χ2n) is 4.85. The average Bonchev–Trinajstić information content (AvgIpc) is 2.62. The Bertz CT molecular complexity index is 902. The molecule has 0 aliphatic rings. The van der Waals surface area contributed by atoms with Crippen LogP contribution in [0.15, 0.2) is 66.7 Å². The van der Waals surface area contributed by atoms with Gasteiger partial charge in [-0.3, -0.25) is 4.79 Å². The van der Waals surface area contributed by atoms with E-state index in [1.807, 2.05) is 6.07 Å². The molecule has 0 radical (unpaired) electrons. The molecule has 0 aliphatic carbocycles. The minimum Gasteiger partial charge on any atom is -0.478 e. The molecule has 0 amide bonds. The predicted molar refractivity (Wildman–Crippen MR) is 91.0 cm³/mol. The molecular weight excluding hydrogens is 324 g/mol. The van der Waals surface area contributed by atoms with Gasteiger partial charge in [-0.15, -0.1) is 0 Å². The molecule has 0 aliphatic heterocycles. The van der Waals surface area contributed by atoms with Gasteiger partial charge in [0.2, 0.25) is 0 Å². The molecule has 0 fully saturated rings. The quantitative estimate of drug-likeness (QED) is 0.707. The first-order valence-corrected chi connectivity index (χ1v) is 7.18. The lowest BCUT2D eigenvalue weighted by Gasteiger charge is -2.05. The van der Waals surface area contributed by atoms with Crippen molar-refractivity contribution in [3.63, 3.8) is 0 Å². The average molecular weight is 338 g/mol. The number of carboxylic acid groups (broad SMARTS) is 2. The van der Waals surface area contributed by atoms with Crippen LogP contribution in [0.2, 0.25) is 0 Å². The van der Waals surface area contributed by atoms with Crippen LogP contribution >= 0.6 is 0 Å². The van der Waals surface area contributed by atoms with E-state index in [9.17, 15) is 14.4 Å². The zero-order valence-electron chi connectivity index (χ0n) is 13.0. The van der Waals surface area contributed by atoms with E-state index in [2.05, 4.69) is 4.74 Å². The number of fused-ring (bicyclic) bond motifs is 1. The van der Waals surface area contributed by atoms with Crippen molar-refractivity contribution < 1.29 is 29.3 Å². The van der Waals surface area contributed by atoms with Crippen LogP contribution in [0.3, 0.4) is 0 Å². The molecule has 126 valence electrons. The van der Waals surface area contributed by atoms with Gasteiger partial charge in [-0.25, -0.2) is 9.59 Å². The second-order valence-corrected chi connectivity index (χ2v) is 4.85. The highest BCUT2D eigenvalue weighted by Gasteiger charge is 2.18. The van der Waals surface area contributed by atoms with Crippen LogP contribution < -0.4 is 4.74 Å². The second kappa shape index (κ2) is 8.26. The summed E-state index contributed by atoms with van der Waals surface area (Å²) in [7, 11) is 0.